The van der Waals surface area contributed by atoms with Gasteiger partial charge in [-0.3, -0.25) is 11.1 Å². The maximum atomic E-state index is 7.95. The Morgan fingerprint density at radius 3 is 2.84 bits per heavy atom. The van der Waals surface area contributed by atoms with Crippen LogP contribution in [0, 0.1) is 5.41 Å². The van der Waals surface area contributed by atoms with E-state index in [2.05, 4.69) is 26.6 Å². The molecular weight excluding hydrogens is 310 g/mol. The highest BCUT2D eigenvalue weighted by Gasteiger charge is 2.15. The molecular formula is C12H18BrN5O. The molecule has 0 aromatic heterocycles. The number of nitrogens with zero attached hydrogens (tertiary/aromatic N) is 1. The summed E-state index contributed by atoms with van der Waals surface area (Å²) < 4.78 is 6.23. The molecule has 1 fully saturated rings. The van der Waals surface area contributed by atoms with Crippen molar-refractivity contribution in [1.29, 1.82) is 5.41 Å². The molecule has 1 heterocycles. The lowest BCUT2D eigenvalue weighted by Gasteiger charge is -2.31. The van der Waals surface area contributed by atoms with Crippen LogP contribution in [0.5, 0.6) is 0 Å². The number of morpholine rings is 1. The van der Waals surface area contributed by atoms with Gasteiger partial charge >= 0.3 is 0 Å². The Morgan fingerprint density at radius 2 is 2.16 bits per heavy atom. The highest BCUT2D eigenvalue weighted by molar-refractivity contribution is 9.10. The van der Waals surface area contributed by atoms with Crippen LogP contribution in [-0.4, -0.2) is 43.5 Å². The fourth-order valence-corrected chi connectivity index (χ4v) is 2.22. The molecule has 0 saturated carbocycles. The van der Waals surface area contributed by atoms with Crippen molar-refractivity contribution in [3.8, 4) is 0 Å². The molecule has 1 saturated heterocycles. The smallest absolute Gasteiger partial charge is 0.193 e. The molecule has 1 atom stereocenters. The summed E-state index contributed by atoms with van der Waals surface area (Å²) in [7, 11) is 0. The number of rotatable bonds is 3. The number of ether oxygens (including phenoxy) is 1. The quantitative estimate of drug-likeness (QED) is 0.377. The molecule has 1 aliphatic heterocycles. The number of nitrogens with two attached hydrogens (primary N) is 1. The number of benzene rings is 1. The van der Waals surface area contributed by atoms with Crippen LogP contribution in [0.2, 0.25) is 0 Å². The van der Waals surface area contributed by atoms with Gasteiger partial charge in [-0.15, -0.1) is 0 Å². The van der Waals surface area contributed by atoms with E-state index < -0.39 is 6.29 Å². The molecule has 1 aliphatic rings. The Morgan fingerprint density at radius 1 is 1.42 bits per heavy atom. The predicted octanol–water partition coefficient (Wildman–Crippen LogP) is 0.960. The van der Waals surface area contributed by atoms with E-state index in [-0.39, 0.29) is 0 Å². The SMILES string of the molecule is N=C(NC(N)Nc1cccc(Br)c1)N1CCOCC1. The van der Waals surface area contributed by atoms with Crippen molar-refractivity contribution in [3.63, 3.8) is 0 Å². The van der Waals surface area contributed by atoms with Crippen molar-refractivity contribution < 1.29 is 4.74 Å². The van der Waals surface area contributed by atoms with Gasteiger partial charge in [0.2, 0.25) is 0 Å². The van der Waals surface area contributed by atoms with E-state index in [0.717, 1.165) is 23.2 Å². The van der Waals surface area contributed by atoms with Crippen LogP contribution in [0.3, 0.4) is 0 Å². The summed E-state index contributed by atoms with van der Waals surface area (Å²) in [6, 6.07) is 7.72. The van der Waals surface area contributed by atoms with E-state index in [0.29, 0.717) is 19.2 Å². The van der Waals surface area contributed by atoms with Crippen molar-refractivity contribution >= 4 is 27.6 Å². The molecule has 0 bridgehead atoms. The van der Waals surface area contributed by atoms with Crippen LogP contribution < -0.4 is 16.4 Å². The van der Waals surface area contributed by atoms with Crippen LogP contribution in [-0.2, 0) is 4.74 Å². The standard InChI is InChI=1S/C12H18BrN5O/c13-9-2-1-3-10(8-9)16-11(14)17-12(15)18-4-6-19-7-5-18/h1-3,8,11,16H,4-7,14H2,(H2,15,17). The van der Waals surface area contributed by atoms with E-state index in [1.165, 1.54) is 0 Å². The Balaban J connectivity index is 1.83. The van der Waals surface area contributed by atoms with E-state index >= 15 is 0 Å². The van der Waals surface area contributed by atoms with Crippen molar-refractivity contribution in [3.05, 3.63) is 28.7 Å². The summed E-state index contributed by atoms with van der Waals surface area (Å²) in [6.07, 6.45) is -0.510. The number of hydrogen-bond donors (Lipinski definition) is 4. The van der Waals surface area contributed by atoms with Gasteiger partial charge in [-0.05, 0) is 18.2 Å². The van der Waals surface area contributed by atoms with E-state index in [1.54, 1.807) is 0 Å². The Hall–Kier alpha value is -1.31. The van der Waals surface area contributed by atoms with Crippen molar-refractivity contribution in [2.45, 2.75) is 6.29 Å². The fraction of sp³-hybridized carbons (Fsp3) is 0.417. The first-order valence-corrected chi connectivity index (χ1v) is 6.90. The molecule has 1 aromatic rings. The number of anilines is 1. The molecule has 19 heavy (non-hydrogen) atoms. The van der Waals surface area contributed by atoms with Crippen molar-refractivity contribution in [2.24, 2.45) is 5.73 Å². The largest absolute Gasteiger partial charge is 0.378 e. The summed E-state index contributed by atoms with van der Waals surface area (Å²) in [5, 5.41) is 14.0. The van der Waals surface area contributed by atoms with Gasteiger partial charge in [0.1, 0.15) is 0 Å². The Bertz CT molecular complexity index is 436. The first-order chi connectivity index (χ1) is 9.15. The Kier molecular flexibility index (Phi) is 5.00. The number of hydrogen-bond acceptors (Lipinski definition) is 4. The maximum absolute atomic E-state index is 7.95. The molecule has 2 rings (SSSR count). The molecule has 1 aromatic carbocycles. The third kappa shape index (κ3) is 4.38. The minimum Gasteiger partial charge on any atom is -0.378 e. The zero-order valence-electron chi connectivity index (χ0n) is 10.5. The number of guanidine groups is 1. The minimum atomic E-state index is -0.510. The molecule has 5 N–H and O–H groups in total. The number of nitrogens with one attached hydrogen (secondary N) is 3. The van der Waals surface area contributed by atoms with Gasteiger partial charge in [0.15, 0.2) is 12.2 Å². The highest BCUT2D eigenvalue weighted by atomic mass is 79.9. The minimum absolute atomic E-state index is 0.318. The van der Waals surface area contributed by atoms with Crippen LogP contribution >= 0.6 is 15.9 Å². The van der Waals surface area contributed by atoms with E-state index in [9.17, 15) is 0 Å². The van der Waals surface area contributed by atoms with Gasteiger partial charge in [-0.2, -0.15) is 0 Å². The van der Waals surface area contributed by atoms with Gasteiger partial charge in [0.05, 0.1) is 13.2 Å². The van der Waals surface area contributed by atoms with E-state index in [1.807, 2.05) is 29.2 Å². The van der Waals surface area contributed by atoms with Gasteiger partial charge in [0, 0.05) is 23.2 Å². The second kappa shape index (κ2) is 6.74. The lowest BCUT2D eigenvalue weighted by Crippen LogP contribution is -2.54. The van der Waals surface area contributed by atoms with Crippen LogP contribution in [0.15, 0.2) is 28.7 Å². The normalized spacial score (nSPS) is 16.8. The van der Waals surface area contributed by atoms with Crippen LogP contribution in [0.25, 0.3) is 0 Å². The third-order valence-electron chi connectivity index (χ3n) is 2.77. The summed E-state index contributed by atoms with van der Waals surface area (Å²) in [5.41, 5.74) is 6.82. The monoisotopic (exact) mass is 327 g/mol. The molecule has 0 amide bonds. The zero-order chi connectivity index (χ0) is 13.7. The average Bonchev–Trinajstić information content (AvgIpc) is 2.39. The topological polar surface area (TPSA) is 86.4 Å². The summed E-state index contributed by atoms with van der Waals surface area (Å²) in [5.74, 6) is 0.318. The molecule has 0 aliphatic carbocycles. The lowest BCUT2D eigenvalue weighted by atomic mass is 10.3. The second-order valence-corrected chi connectivity index (χ2v) is 5.14. The first kappa shape index (κ1) is 14.1. The van der Waals surface area contributed by atoms with Gasteiger partial charge in [0.25, 0.3) is 0 Å². The Labute approximate surface area is 120 Å². The van der Waals surface area contributed by atoms with Crippen LogP contribution in [0.1, 0.15) is 0 Å². The molecule has 0 spiro atoms. The highest BCUT2D eigenvalue weighted by Crippen LogP contribution is 2.15. The maximum Gasteiger partial charge on any atom is 0.193 e. The average molecular weight is 328 g/mol. The fourth-order valence-electron chi connectivity index (χ4n) is 1.82. The molecule has 0 radical (unpaired) electrons. The summed E-state index contributed by atoms with van der Waals surface area (Å²) >= 11 is 3.40. The lowest BCUT2D eigenvalue weighted by molar-refractivity contribution is 0.0659. The molecule has 104 valence electrons. The first-order valence-electron chi connectivity index (χ1n) is 6.10. The van der Waals surface area contributed by atoms with Crippen molar-refractivity contribution in [2.75, 3.05) is 31.6 Å². The molecule has 6 nitrogen and oxygen atoms in total. The van der Waals surface area contributed by atoms with Gasteiger partial charge in [-0.25, -0.2) is 0 Å². The summed E-state index contributed by atoms with van der Waals surface area (Å²) in [4.78, 5) is 1.91. The van der Waals surface area contributed by atoms with Crippen LogP contribution in [0.4, 0.5) is 5.69 Å². The number of halogens is 1. The van der Waals surface area contributed by atoms with Gasteiger partial charge < -0.3 is 20.3 Å². The second-order valence-electron chi connectivity index (χ2n) is 4.22. The zero-order valence-corrected chi connectivity index (χ0v) is 12.1. The van der Waals surface area contributed by atoms with E-state index in [4.69, 9.17) is 15.9 Å². The van der Waals surface area contributed by atoms with Gasteiger partial charge in [-0.1, -0.05) is 22.0 Å². The third-order valence-corrected chi connectivity index (χ3v) is 3.26. The summed E-state index contributed by atoms with van der Waals surface area (Å²) in [6.45, 7) is 2.74. The van der Waals surface area contributed by atoms with Crippen molar-refractivity contribution in [1.82, 2.24) is 10.2 Å². The molecule has 1 unspecified atom stereocenters. The predicted molar refractivity (Wildman–Crippen MR) is 79.0 cm³/mol. The molecule has 7 heteroatoms.